The van der Waals surface area contributed by atoms with Gasteiger partial charge in [0.25, 0.3) is 0 Å². The van der Waals surface area contributed by atoms with E-state index in [1.165, 1.54) is 27.8 Å². The molecular weight excluding hydrogens is 316 g/mol. The number of ether oxygens (including phenoxy) is 1. The van der Waals surface area contributed by atoms with Gasteiger partial charge in [0.1, 0.15) is 12.4 Å². The third-order valence-corrected chi connectivity index (χ3v) is 4.96. The van der Waals surface area contributed by atoms with Crippen LogP contribution in [-0.4, -0.2) is 0 Å². The van der Waals surface area contributed by atoms with Crippen LogP contribution in [-0.2, 0) is 12.0 Å². The smallest absolute Gasteiger partial charge is 0.127 e. The summed E-state index contributed by atoms with van der Waals surface area (Å²) in [6.45, 7) is 7.34. The summed E-state index contributed by atoms with van der Waals surface area (Å²) >= 11 is 0. The molecule has 0 spiro atoms. The first-order valence-electron chi connectivity index (χ1n) is 9.15. The number of fused-ring (bicyclic) bond motifs is 2. The molecule has 0 aromatic heterocycles. The second-order valence-corrected chi connectivity index (χ2v) is 7.87. The highest BCUT2D eigenvalue weighted by atomic mass is 16.5. The molecule has 3 aromatic carbocycles. The van der Waals surface area contributed by atoms with Crippen LogP contribution in [0.25, 0.3) is 11.6 Å². The topological polar surface area (TPSA) is 9.23 Å². The van der Waals surface area contributed by atoms with Crippen LogP contribution in [0, 0.1) is 0 Å². The summed E-state index contributed by atoms with van der Waals surface area (Å²) in [6, 6.07) is 25.7. The Morgan fingerprint density at radius 2 is 1.42 bits per heavy atom. The molecule has 0 saturated heterocycles. The lowest BCUT2D eigenvalue weighted by atomic mass is 9.86. The van der Waals surface area contributed by atoms with E-state index in [4.69, 9.17) is 4.74 Å². The van der Waals surface area contributed by atoms with E-state index in [-0.39, 0.29) is 5.41 Å². The molecule has 0 saturated carbocycles. The number of benzene rings is 3. The lowest BCUT2D eigenvalue weighted by molar-refractivity contribution is 0.307. The zero-order valence-corrected chi connectivity index (χ0v) is 15.6. The van der Waals surface area contributed by atoms with Crippen molar-refractivity contribution < 1.29 is 4.74 Å². The summed E-state index contributed by atoms with van der Waals surface area (Å²) in [4.78, 5) is 0. The summed E-state index contributed by atoms with van der Waals surface area (Å²) in [5.41, 5.74) is 7.57. The SMILES string of the molecule is CC(C)(C)c1ccc(/C=C2/c3ccccc3COc3ccccc32)cc1. The minimum atomic E-state index is 0.168. The van der Waals surface area contributed by atoms with Crippen molar-refractivity contribution in [3.05, 3.63) is 101 Å². The van der Waals surface area contributed by atoms with Gasteiger partial charge in [-0.25, -0.2) is 0 Å². The van der Waals surface area contributed by atoms with Gasteiger partial charge < -0.3 is 4.74 Å². The first-order valence-corrected chi connectivity index (χ1v) is 9.15. The highest BCUT2D eigenvalue weighted by molar-refractivity contribution is 5.94. The number of hydrogen-bond donors (Lipinski definition) is 0. The van der Waals surface area contributed by atoms with Crippen LogP contribution < -0.4 is 4.74 Å². The van der Waals surface area contributed by atoms with Gasteiger partial charge in [-0.05, 0) is 45.4 Å². The second kappa shape index (κ2) is 6.49. The Kier molecular flexibility index (Phi) is 4.16. The van der Waals surface area contributed by atoms with E-state index in [1.807, 2.05) is 6.07 Å². The van der Waals surface area contributed by atoms with Gasteiger partial charge in [-0.1, -0.05) is 87.5 Å². The third-order valence-electron chi connectivity index (χ3n) is 4.96. The Hall–Kier alpha value is -2.80. The van der Waals surface area contributed by atoms with E-state index in [0.717, 1.165) is 11.3 Å². The summed E-state index contributed by atoms with van der Waals surface area (Å²) < 4.78 is 6.07. The Bertz CT molecular complexity index is 906. The van der Waals surface area contributed by atoms with Crippen molar-refractivity contribution in [2.45, 2.75) is 32.8 Å². The zero-order chi connectivity index (χ0) is 18.1. The number of hydrogen-bond acceptors (Lipinski definition) is 1. The van der Waals surface area contributed by atoms with Crippen molar-refractivity contribution in [2.24, 2.45) is 0 Å². The molecule has 0 radical (unpaired) electrons. The molecule has 0 N–H and O–H groups in total. The summed E-state index contributed by atoms with van der Waals surface area (Å²) in [7, 11) is 0. The summed E-state index contributed by atoms with van der Waals surface area (Å²) in [6.07, 6.45) is 2.28. The second-order valence-electron chi connectivity index (χ2n) is 7.87. The van der Waals surface area contributed by atoms with Crippen molar-refractivity contribution in [2.75, 3.05) is 0 Å². The Morgan fingerprint density at radius 3 is 2.15 bits per heavy atom. The number of para-hydroxylation sites is 1. The maximum atomic E-state index is 6.07. The molecule has 3 aromatic rings. The van der Waals surface area contributed by atoms with E-state index in [0.29, 0.717) is 6.61 Å². The van der Waals surface area contributed by atoms with Gasteiger partial charge in [0.2, 0.25) is 0 Å². The molecule has 4 rings (SSSR count). The van der Waals surface area contributed by atoms with Crippen LogP contribution in [0.4, 0.5) is 0 Å². The molecule has 0 fully saturated rings. The molecule has 130 valence electrons. The van der Waals surface area contributed by atoms with Gasteiger partial charge in [0.05, 0.1) is 0 Å². The highest BCUT2D eigenvalue weighted by Crippen LogP contribution is 2.37. The van der Waals surface area contributed by atoms with Crippen molar-refractivity contribution >= 4 is 11.6 Å². The molecule has 1 nitrogen and oxygen atoms in total. The fourth-order valence-corrected chi connectivity index (χ4v) is 3.43. The summed E-state index contributed by atoms with van der Waals surface area (Å²) in [5, 5.41) is 0. The van der Waals surface area contributed by atoms with Crippen LogP contribution in [0.5, 0.6) is 5.75 Å². The molecule has 0 bridgehead atoms. The molecule has 0 aliphatic carbocycles. The molecule has 1 heteroatoms. The minimum absolute atomic E-state index is 0.168. The normalized spacial score (nSPS) is 15.0. The monoisotopic (exact) mass is 340 g/mol. The zero-order valence-electron chi connectivity index (χ0n) is 15.6. The van der Waals surface area contributed by atoms with Gasteiger partial charge in [0.15, 0.2) is 0 Å². The standard InChI is InChI=1S/C25H24O/c1-25(2,3)20-14-12-18(13-15-20)16-23-21-9-5-4-8-19(21)17-26-24-11-7-6-10-22(23)24/h4-16H,17H2,1-3H3/b23-16-. The van der Waals surface area contributed by atoms with Crippen LogP contribution in [0.15, 0.2) is 72.8 Å². The van der Waals surface area contributed by atoms with E-state index in [2.05, 4.69) is 93.6 Å². The van der Waals surface area contributed by atoms with Gasteiger partial charge in [-0.2, -0.15) is 0 Å². The Balaban J connectivity index is 1.86. The fraction of sp³-hybridized carbons (Fsp3) is 0.200. The van der Waals surface area contributed by atoms with Crippen molar-refractivity contribution in [3.8, 4) is 5.75 Å². The highest BCUT2D eigenvalue weighted by Gasteiger charge is 2.18. The molecule has 1 aliphatic rings. The fourth-order valence-electron chi connectivity index (χ4n) is 3.43. The molecule has 1 aliphatic heterocycles. The predicted molar refractivity (Wildman–Crippen MR) is 109 cm³/mol. The summed E-state index contributed by atoms with van der Waals surface area (Å²) in [5.74, 6) is 0.946. The number of rotatable bonds is 1. The predicted octanol–water partition coefficient (Wildman–Crippen LogP) is 6.47. The van der Waals surface area contributed by atoms with Crippen molar-refractivity contribution in [1.82, 2.24) is 0 Å². The first-order chi connectivity index (χ1) is 12.5. The first kappa shape index (κ1) is 16.7. The van der Waals surface area contributed by atoms with E-state index in [1.54, 1.807) is 0 Å². The van der Waals surface area contributed by atoms with Crippen molar-refractivity contribution in [1.29, 1.82) is 0 Å². The van der Waals surface area contributed by atoms with Gasteiger partial charge in [0, 0.05) is 5.56 Å². The molecular formula is C25H24O. The molecule has 0 atom stereocenters. The maximum Gasteiger partial charge on any atom is 0.127 e. The van der Waals surface area contributed by atoms with Crippen LogP contribution in [0.3, 0.4) is 0 Å². The van der Waals surface area contributed by atoms with Crippen LogP contribution in [0.1, 0.15) is 48.6 Å². The minimum Gasteiger partial charge on any atom is -0.488 e. The van der Waals surface area contributed by atoms with E-state index in [9.17, 15) is 0 Å². The largest absolute Gasteiger partial charge is 0.488 e. The van der Waals surface area contributed by atoms with Crippen LogP contribution >= 0.6 is 0 Å². The van der Waals surface area contributed by atoms with E-state index < -0.39 is 0 Å². The third kappa shape index (κ3) is 3.17. The maximum absolute atomic E-state index is 6.07. The van der Waals surface area contributed by atoms with Gasteiger partial charge in [-0.15, -0.1) is 0 Å². The molecule has 1 heterocycles. The van der Waals surface area contributed by atoms with Gasteiger partial charge >= 0.3 is 0 Å². The lowest BCUT2D eigenvalue weighted by Crippen LogP contribution is -2.10. The molecule has 0 unspecified atom stereocenters. The van der Waals surface area contributed by atoms with E-state index >= 15 is 0 Å². The van der Waals surface area contributed by atoms with Crippen LogP contribution in [0.2, 0.25) is 0 Å². The average Bonchev–Trinajstić information content (AvgIpc) is 2.79. The Morgan fingerprint density at radius 1 is 0.769 bits per heavy atom. The molecule has 0 amide bonds. The van der Waals surface area contributed by atoms with Gasteiger partial charge in [-0.3, -0.25) is 0 Å². The average molecular weight is 340 g/mol. The Labute approximate surface area is 156 Å². The quantitative estimate of drug-likeness (QED) is 0.493. The van der Waals surface area contributed by atoms with Crippen molar-refractivity contribution in [3.63, 3.8) is 0 Å². The lowest BCUT2D eigenvalue weighted by Gasteiger charge is -2.19. The molecule has 26 heavy (non-hydrogen) atoms.